The van der Waals surface area contributed by atoms with Crippen LogP contribution in [0.5, 0.6) is 0 Å². The highest BCUT2D eigenvalue weighted by Gasteiger charge is 2.32. The van der Waals surface area contributed by atoms with Gasteiger partial charge in [-0.2, -0.15) is 18.4 Å². The predicted octanol–water partition coefficient (Wildman–Crippen LogP) is 6.14. The summed E-state index contributed by atoms with van der Waals surface area (Å²) in [6.07, 6.45) is 1.92. The van der Waals surface area contributed by atoms with Gasteiger partial charge in [0.2, 0.25) is 0 Å². The predicted molar refractivity (Wildman–Crippen MR) is 142 cm³/mol. The molecule has 2 aromatic carbocycles. The number of rotatable bonds is 8. The van der Waals surface area contributed by atoms with Crippen LogP contribution in [0.25, 0.3) is 10.9 Å². The van der Waals surface area contributed by atoms with E-state index in [2.05, 4.69) is 37.0 Å². The lowest BCUT2D eigenvalue weighted by Crippen LogP contribution is -2.46. The molecule has 0 saturated carbocycles. The van der Waals surface area contributed by atoms with Crippen LogP contribution in [-0.2, 0) is 12.6 Å². The second kappa shape index (κ2) is 11.5. The fraction of sp³-hybridized carbons (Fsp3) is 0.321. The molecule has 10 heteroatoms. The molecule has 6 nitrogen and oxygen atoms in total. The average Bonchev–Trinajstić information content (AvgIpc) is 3.33. The largest absolute Gasteiger partial charge is 0.433 e. The number of hydrogen-bond acceptors (Lipinski definition) is 6. The first-order valence-corrected chi connectivity index (χ1v) is 13.4. The Morgan fingerprint density at radius 3 is 2.53 bits per heavy atom. The van der Waals surface area contributed by atoms with Crippen molar-refractivity contribution in [3.8, 4) is 6.07 Å². The lowest BCUT2D eigenvalue weighted by Gasteiger charge is -2.36. The zero-order valence-electron chi connectivity index (χ0n) is 20.7. The third kappa shape index (κ3) is 6.29. The SMILES string of the molecule is N#Cc1ccc2[nH]cc(CCCCN3CCN(c4ccc(Sc5nccc(C(F)(F)F)n5)cc4)CC3)c2c1. The molecule has 3 heterocycles. The number of fused-ring (bicyclic) bond motifs is 1. The minimum atomic E-state index is -4.48. The molecular weight excluding hydrogens is 509 g/mol. The van der Waals surface area contributed by atoms with Gasteiger partial charge in [-0.15, -0.1) is 0 Å². The number of anilines is 1. The van der Waals surface area contributed by atoms with Crippen LogP contribution in [0.4, 0.5) is 18.9 Å². The van der Waals surface area contributed by atoms with Crippen molar-refractivity contribution >= 4 is 28.4 Å². The molecule has 196 valence electrons. The van der Waals surface area contributed by atoms with Gasteiger partial charge in [0.15, 0.2) is 5.16 Å². The summed E-state index contributed by atoms with van der Waals surface area (Å²) in [6.45, 7) is 4.91. The second-order valence-electron chi connectivity index (χ2n) is 9.29. The molecular formula is C28H27F3N6S. The van der Waals surface area contributed by atoms with Crippen LogP contribution in [0.15, 0.2) is 71.0 Å². The van der Waals surface area contributed by atoms with Gasteiger partial charge in [0.1, 0.15) is 5.69 Å². The van der Waals surface area contributed by atoms with Gasteiger partial charge in [0, 0.05) is 60.1 Å². The fourth-order valence-corrected chi connectivity index (χ4v) is 5.45. The molecule has 1 saturated heterocycles. The third-order valence-corrected chi connectivity index (χ3v) is 7.66. The van der Waals surface area contributed by atoms with E-state index in [0.29, 0.717) is 5.56 Å². The fourth-order valence-electron chi connectivity index (χ4n) is 4.71. The molecule has 0 atom stereocenters. The van der Waals surface area contributed by atoms with Crippen molar-refractivity contribution in [3.63, 3.8) is 0 Å². The standard InChI is InChI=1S/C28H27F3N6S/c29-28(30,31)26-10-11-33-27(35-26)38-23-7-5-22(6-8-23)37-15-13-36(14-16-37)12-2-1-3-21-19-34-25-9-4-20(18-32)17-24(21)25/h4-11,17,19,34H,1-3,12-16H2. The highest BCUT2D eigenvalue weighted by atomic mass is 32.2. The Balaban J connectivity index is 1.06. The Hall–Kier alpha value is -3.55. The van der Waals surface area contributed by atoms with Gasteiger partial charge in [0.05, 0.1) is 11.6 Å². The van der Waals surface area contributed by atoms with Crippen molar-refractivity contribution in [2.45, 2.75) is 35.5 Å². The number of benzene rings is 2. The summed E-state index contributed by atoms with van der Waals surface area (Å²) in [7, 11) is 0. The van der Waals surface area contributed by atoms with Gasteiger partial charge >= 0.3 is 6.18 Å². The lowest BCUT2D eigenvalue weighted by atomic mass is 10.1. The number of nitrogens with zero attached hydrogens (tertiary/aromatic N) is 5. The van der Waals surface area contributed by atoms with Crippen molar-refractivity contribution in [3.05, 3.63) is 77.7 Å². The first kappa shape index (κ1) is 26.1. The van der Waals surface area contributed by atoms with Crippen LogP contribution in [0.2, 0.25) is 0 Å². The number of aromatic nitrogens is 3. The van der Waals surface area contributed by atoms with E-state index in [1.165, 1.54) is 5.56 Å². The minimum absolute atomic E-state index is 0.0813. The summed E-state index contributed by atoms with van der Waals surface area (Å²) in [6, 6.07) is 16.7. The third-order valence-electron chi connectivity index (χ3n) is 6.77. The van der Waals surface area contributed by atoms with Crippen LogP contribution in [0.1, 0.15) is 29.7 Å². The van der Waals surface area contributed by atoms with Crippen LogP contribution < -0.4 is 4.90 Å². The van der Waals surface area contributed by atoms with Crippen molar-refractivity contribution in [2.75, 3.05) is 37.6 Å². The number of piperazine rings is 1. The normalized spacial score (nSPS) is 14.6. The molecule has 4 aromatic rings. The van der Waals surface area contributed by atoms with E-state index in [1.54, 1.807) is 0 Å². The molecule has 5 rings (SSSR count). The highest BCUT2D eigenvalue weighted by molar-refractivity contribution is 7.99. The molecule has 0 amide bonds. The minimum Gasteiger partial charge on any atom is -0.369 e. The van der Waals surface area contributed by atoms with Gasteiger partial charge in [-0.25, -0.2) is 9.97 Å². The number of alkyl halides is 3. The first-order valence-electron chi connectivity index (χ1n) is 12.5. The molecule has 0 bridgehead atoms. The van der Waals surface area contributed by atoms with E-state index in [0.717, 1.165) is 97.5 Å². The van der Waals surface area contributed by atoms with Crippen LogP contribution in [0, 0.1) is 11.3 Å². The summed E-state index contributed by atoms with van der Waals surface area (Å²) in [5, 5.41) is 10.4. The number of nitrogens with one attached hydrogen (secondary N) is 1. The number of aryl methyl sites for hydroxylation is 1. The zero-order valence-corrected chi connectivity index (χ0v) is 21.5. The average molecular weight is 537 g/mol. The highest BCUT2D eigenvalue weighted by Crippen LogP contribution is 2.31. The van der Waals surface area contributed by atoms with E-state index in [1.807, 2.05) is 42.5 Å². The number of hydrogen-bond donors (Lipinski definition) is 1. The molecule has 1 fully saturated rings. The van der Waals surface area contributed by atoms with E-state index in [9.17, 15) is 13.2 Å². The van der Waals surface area contributed by atoms with E-state index in [-0.39, 0.29) is 5.16 Å². The molecule has 0 aliphatic carbocycles. The number of unbranched alkanes of at least 4 members (excludes halogenated alkanes) is 1. The summed E-state index contributed by atoms with van der Waals surface area (Å²) in [5.74, 6) is 0. The Morgan fingerprint density at radius 2 is 1.79 bits per heavy atom. The number of halogens is 3. The second-order valence-corrected chi connectivity index (χ2v) is 10.3. The Bertz CT molecular complexity index is 1420. The van der Waals surface area contributed by atoms with Crippen molar-refractivity contribution < 1.29 is 13.2 Å². The summed E-state index contributed by atoms with van der Waals surface area (Å²) in [5.41, 5.74) is 3.20. The van der Waals surface area contributed by atoms with Gasteiger partial charge in [0.25, 0.3) is 0 Å². The topological polar surface area (TPSA) is 71.8 Å². The Kier molecular flexibility index (Phi) is 7.86. The van der Waals surface area contributed by atoms with Crippen molar-refractivity contribution in [2.24, 2.45) is 0 Å². The molecule has 1 aliphatic heterocycles. The lowest BCUT2D eigenvalue weighted by molar-refractivity contribution is -0.141. The molecule has 1 aliphatic rings. The Labute approximate surface area is 223 Å². The van der Waals surface area contributed by atoms with E-state index in [4.69, 9.17) is 5.26 Å². The molecule has 0 radical (unpaired) electrons. The molecule has 2 aromatic heterocycles. The van der Waals surface area contributed by atoms with Crippen LogP contribution >= 0.6 is 11.8 Å². The quantitative estimate of drug-likeness (QED) is 0.215. The van der Waals surface area contributed by atoms with Gasteiger partial charge in [-0.05, 0) is 91.7 Å². The molecule has 0 unspecified atom stereocenters. The van der Waals surface area contributed by atoms with E-state index < -0.39 is 11.9 Å². The van der Waals surface area contributed by atoms with Crippen molar-refractivity contribution in [1.82, 2.24) is 19.9 Å². The van der Waals surface area contributed by atoms with Crippen molar-refractivity contribution in [1.29, 1.82) is 5.26 Å². The van der Waals surface area contributed by atoms with Gasteiger partial charge < -0.3 is 9.88 Å². The van der Waals surface area contributed by atoms with Gasteiger partial charge in [-0.3, -0.25) is 4.90 Å². The molecule has 0 spiro atoms. The van der Waals surface area contributed by atoms with Crippen LogP contribution in [-0.4, -0.2) is 52.6 Å². The van der Waals surface area contributed by atoms with Crippen LogP contribution in [0.3, 0.4) is 0 Å². The van der Waals surface area contributed by atoms with E-state index >= 15 is 0 Å². The first-order chi connectivity index (χ1) is 18.4. The maximum absolute atomic E-state index is 12.9. The number of H-pyrrole nitrogens is 1. The number of nitriles is 1. The summed E-state index contributed by atoms with van der Waals surface area (Å²) < 4.78 is 38.7. The smallest absolute Gasteiger partial charge is 0.369 e. The molecule has 1 N–H and O–H groups in total. The summed E-state index contributed by atoms with van der Waals surface area (Å²) in [4.78, 5) is 16.5. The maximum Gasteiger partial charge on any atom is 0.433 e. The molecule has 38 heavy (non-hydrogen) atoms. The monoisotopic (exact) mass is 536 g/mol. The maximum atomic E-state index is 12.9. The summed E-state index contributed by atoms with van der Waals surface area (Å²) >= 11 is 1.12. The zero-order chi connectivity index (χ0) is 26.5. The van der Waals surface area contributed by atoms with Gasteiger partial charge in [-0.1, -0.05) is 0 Å². The number of aromatic amines is 1. The Morgan fingerprint density at radius 1 is 1.00 bits per heavy atom.